The van der Waals surface area contributed by atoms with Gasteiger partial charge in [0.1, 0.15) is 0 Å². The van der Waals surface area contributed by atoms with Crippen LogP contribution in [0.3, 0.4) is 0 Å². The van der Waals surface area contributed by atoms with Gasteiger partial charge in [-0.1, -0.05) is 49.4 Å². The molecule has 1 atom stereocenters. The Labute approximate surface area is 164 Å². The molecule has 3 aromatic rings. The maximum Gasteiger partial charge on any atom is 0.221 e. The summed E-state index contributed by atoms with van der Waals surface area (Å²) in [6.07, 6.45) is 1.60. The smallest absolute Gasteiger partial charge is 0.221 e. The van der Waals surface area contributed by atoms with Gasteiger partial charge in [-0.15, -0.1) is 0 Å². The maximum atomic E-state index is 12.2. The van der Waals surface area contributed by atoms with Crippen molar-refractivity contribution in [2.24, 2.45) is 5.92 Å². The number of aromatic nitrogens is 2. The molecule has 0 spiro atoms. The number of carbonyl (C=O) groups is 1. The van der Waals surface area contributed by atoms with Crippen molar-refractivity contribution in [3.05, 3.63) is 76.6 Å². The van der Waals surface area contributed by atoms with Gasteiger partial charge in [-0.25, -0.2) is 0 Å². The molecule has 0 aliphatic heterocycles. The summed E-state index contributed by atoms with van der Waals surface area (Å²) >= 11 is 0. The van der Waals surface area contributed by atoms with Gasteiger partial charge in [0.2, 0.25) is 11.3 Å². The van der Waals surface area contributed by atoms with Gasteiger partial charge in [0, 0.05) is 18.4 Å². The molecule has 2 aromatic carbocycles. The van der Waals surface area contributed by atoms with Crippen LogP contribution in [0.15, 0.2) is 65.6 Å². The van der Waals surface area contributed by atoms with Crippen molar-refractivity contribution >= 4 is 16.8 Å². The minimum atomic E-state index is -0.111. The third-order valence-electron chi connectivity index (χ3n) is 4.47. The first-order valence-electron chi connectivity index (χ1n) is 9.46. The third kappa shape index (κ3) is 5.50. The summed E-state index contributed by atoms with van der Waals surface area (Å²) in [6, 6.07) is 17.3. The Balaban J connectivity index is 1.41. The number of nitrogens with one attached hydrogen (secondary N) is 1. The fourth-order valence-electron chi connectivity index (χ4n) is 2.93. The SMILES string of the molecule is CC(CNC(=O)CCn1ncc(=O)c2ccccc21)COCc1ccccc1. The molecule has 1 amide bonds. The fraction of sp³-hybridized carbons (Fsp3) is 0.318. The minimum absolute atomic E-state index is 0.0421. The summed E-state index contributed by atoms with van der Waals surface area (Å²) in [4.78, 5) is 24.0. The van der Waals surface area contributed by atoms with Crippen LogP contribution in [0.4, 0.5) is 0 Å². The number of hydrogen-bond acceptors (Lipinski definition) is 4. The zero-order valence-electron chi connectivity index (χ0n) is 16.0. The topological polar surface area (TPSA) is 73.2 Å². The molecule has 0 saturated heterocycles. The number of fused-ring (bicyclic) bond motifs is 1. The second-order valence-corrected chi connectivity index (χ2v) is 6.91. The van der Waals surface area contributed by atoms with Crippen molar-refractivity contribution < 1.29 is 9.53 Å². The molecule has 0 saturated carbocycles. The van der Waals surface area contributed by atoms with E-state index >= 15 is 0 Å². The Morgan fingerprint density at radius 2 is 1.89 bits per heavy atom. The lowest BCUT2D eigenvalue weighted by Gasteiger charge is -2.14. The third-order valence-corrected chi connectivity index (χ3v) is 4.47. The number of rotatable bonds is 9. The summed E-state index contributed by atoms with van der Waals surface area (Å²) < 4.78 is 7.40. The van der Waals surface area contributed by atoms with Crippen LogP contribution < -0.4 is 10.7 Å². The number of benzene rings is 2. The van der Waals surface area contributed by atoms with Crippen molar-refractivity contribution in [3.8, 4) is 0 Å². The number of amides is 1. The first-order valence-corrected chi connectivity index (χ1v) is 9.46. The predicted octanol–water partition coefficient (Wildman–Crippen LogP) is 2.76. The number of ether oxygens (including phenoxy) is 1. The van der Waals surface area contributed by atoms with Crippen molar-refractivity contribution in [2.45, 2.75) is 26.5 Å². The molecule has 3 rings (SSSR count). The summed E-state index contributed by atoms with van der Waals surface area (Å²) in [6.45, 7) is 4.19. The highest BCUT2D eigenvalue weighted by Gasteiger charge is 2.08. The van der Waals surface area contributed by atoms with Gasteiger partial charge in [-0.3, -0.25) is 14.3 Å². The molecular formula is C22H25N3O3. The minimum Gasteiger partial charge on any atom is -0.376 e. The van der Waals surface area contributed by atoms with Gasteiger partial charge in [0.05, 0.1) is 31.5 Å². The molecule has 1 heterocycles. The number of carbonyl (C=O) groups excluding carboxylic acids is 1. The van der Waals surface area contributed by atoms with Gasteiger partial charge >= 0.3 is 0 Å². The molecular weight excluding hydrogens is 354 g/mol. The Bertz CT molecular complexity index is 969. The first kappa shape index (κ1) is 19.8. The lowest BCUT2D eigenvalue weighted by atomic mass is 10.2. The highest BCUT2D eigenvalue weighted by atomic mass is 16.5. The molecule has 1 aromatic heterocycles. The lowest BCUT2D eigenvalue weighted by Crippen LogP contribution is -2.31. The number of aryl methyl sites for hydroxylation is 1. The fourth-order valence-corrected chi connectivity index (χ4v) is 2.93. The molecule has 1 N–H and O–H groups in total. The van der Waals surface area contributed by atoms with Crippen LogP contribution in [-0.2, 0) is 22.7 Å². The van der Waals surface area contributed by atoms with E-state index in [0.717, 1.165) is 11.1 Å². The van der Waals surface area contributed by atoms with E-state index in [1.807, 2.05) is 55.5 Å². The molecule has 0 radical (unpaired) electrons. The average molecular weight is 379 g/mol. The maximum absolute atomic E-state index is 12.2. The number of hydrogen-bond donors (Lipinski definition) is 1. The van der Waals surface area contributed by atoms with E-state index in [9.17, 15) is 9.59 Å². The van der Waals surface area contributed by atoms with Crippen LogP contribution in [0.1, 0.15) is 18.9 Å². The summed E-state index contributed by atoms with van der Waals surface area (Å²) in [5.74, 6) is 0.179. The van der Waals surface area contributed by atoms with Gasteiger partial charge in [-0.05, 0) is 23.6 Å². The highest BCUT2D eigenvalue weighted by molar-refractivity contribution is 5.79. The Morgan fingerprint density at radius 1 is 1.14 bits per heavy atom. The van der Waals surface area contributed by atoms with E-state index in [4.69, 9.17) is 4.74 Å². The van der Waals surface area contributed by atoms with Gasteiger partial charge < -0.3 is 10.1 Å². The molecule has 0 bridgehead atoms. The van der Waals surface area contributed by atoms with Gasteiger partial charge in [-0.2, -0.15) is 5.10 Å². The van der Waals surface area contributed by atoms with Gasteiger partial charge in [0.25, 0.3) is 0 Å². The Morgan fingerprint density at radius 3 is 2.71 bits per heavy atom. The summed E-state index contributed by atoms with van der Waals surface area (Å²) in [7, 11) is 0. The molecule has 6 heteroatoms. The monoisotopic (exact) mass is 379 g/mol. The standard InChI is InChI=1S/C22H25N3O3/c1-17(15-28-16-18-7-3-2-4-8-18)13-23-22(27)11-12-25-20-10-6-5-9-19(20)21(26)14-24-25/h2-10,14,17H,11-13,15-16H2,1H3,(H,23,27). The van der Waals surface area contributed by atoms with E-state index in [2.05, 4.69) is 10.4 Å². The average Bonchev–Trinajstić information content (AvgIpc) is 2.73. The van der Waals surface area contributed by atoms with E-state index in [1.165, 1.54) is 6.20 Å². The summed E-state index contributed by atoms with van der Waals surface area (Å²) in [5.41, 5.74) is 1.77. The van der Waals surface area contributed by atoms with Crippen LogP contribution in [0, 0.1) is 5.92 Å². The largest absolute Gasteiger partial charge is 0.376 e. The molecule has 0 aliphatic carbocycles. The second-order valence-electron chi connectivity index (χ2n) is 6.91. The van der Waals surface area contributed by atoms with Gasteiger partial charge in [0.15, 0.2) is 0 Å². The van der Waals surface area contributed by atoms with E-state index < -0.39 is 0 Å². The molecule has 28 heavy (non-hydrogen) atoms. The molecule has 1 unspecified atom stereocenters. The van der Waals surface area contributed by atoms with Crippen LogP contribution in [0.5, 0.6) is 0 Å². The predicted molar refractivity (Wildman–Crippen MR) is 109 cm³/mol. The van der Waals surface area contributed by atoms with E-state index in [0.29, 0.717) is 38.1 Å². The Hall–Kier alpha value is -2.99. The normalized spacial score (nSPS) is 12.0. The van der Waals surface area contributed by atoms with Crippen LogP contribution >= 0.6 is 0 Å². The van der Waals surface area contributed by atoms with Crippen molar-refractivity contribution in [1.29, 1.82) is 0 Å². The van der Waals surface area contributed by atoms with Crippen LogP contribution in [0.2, 0.25) is 0 Å². The van der Waals surface area contributed by atoms with E-state index in [-0.39, 0.29) is 17.3 Å². The molecule has 146 valence electrons. The van der Waals surface area contributed by atoms with E-state index in [1.54, 1.807) is 10.7 Å². The first-order chi connectivity index (χ1) is 13.6. The zero-order chi connectivity index (χ0) is 19.8. The van der Waals surface area contributed by atoms with Crippen molar-refractivity contribution in [1.82, 2.24) is 15.1 Å². The summed E-state index contributed by atoms with van der Waals surface area (Å²) in [5, 5.41) is 7.70. The molecule has 0 aliphatic rings. The van der Waals surface area contributed by atoms with Crippen LogP contribution in [-0.4, -0.2) is 28.8 Å². The molecule has 0 fully saturated rings. The highest BCUT2D eigenvalue weighted by Crippen LogP contribution is 2.08. The number of para-hydroxylation sites is 1. The van der Waals surface area contributed by atoms with Crippen molar-refractivity contribution in [2.75, 3.05) is 13.2 Å². The Kier molecular flexibility index (Phi) is 6.92. The molecule has 6 nitrogen and oxygen atoms in total. The second kappa shape index (κ2) is 9.80. The quantitative estimate of drug-likeness (QED) is 0.620. The number of nitrogens with zero attached hydrogens (tertiary/aromatic N) is 2. The van der Waals surface area contributed by atoms with Crippen LogP contribution in [0.25, 0.3) is 10.9 Å². The van der Waals surface area contributed by atoms with Crippen molar-refractivity contribution in [3.63, 3.8) is 0 Å². The zero-order valence-corrected chi connectivity index (χ0v) is 16.0. The lowest BCUT2D eigenvalue weighted by molar-refractivity contribution is -0.121.